The van der Waals surface area contributed by atoms with Gasteiger partial charge < -0.3 is 15.8 Å². The second-order valence-electron chi connectivity index (χ2n) is 5.11. The van der Waals surface area contributed by atoms with E-state index in [1.807, 2.05) is 12.1 Å². The van der Waals surface area contributed by atoms with Gasteiger partial charge in [0.2, 0.25) is 5.91 Å². The molecule has 0 unspecified atom stereocenters. The molecule has 0 saturated heterocycles. The molecular weight excluding hydrogens is 306 g/mol. The summed E-state index contributed by atoms with van der Waals surface area (Å²) in [6, 6.07) is 13.9. The number of amides is 2. The number of nitrogens with two attached hydrogens (primary N) is 1. The number of nitrogens with one attached hydrogen (secondary N) is 1. The minimum atomic E-state index is -0.473. The minimum Gasteiger partial charge on any atom is -0.457 e. The van der Waals surface area contributed by atoms with E-state index in [2.05, 4.69) is 10.3 Å². The molecule has 3 rings (SSSR count). The van der Waals surface area contributed by atoms with Crippen molar-refractivity contribution < 1.29 is 14.3 Å². The lowest BCUT2D eigenvalue weighted by Crippen LogP contribution is -2.18. The van der Waals surface area contributed by atoms with Crippen LogP contribution in [0.15, 0.2) is 54.7 Å². The van der Waals surface area contributed by atoms with Gasteiger partial charge in [-0.1, -0.05) is 12.1 Å². The van der Waals surface area contributed by atoms with E-state index in [4.69, 9.17) is 10.5 Å². The molecule has 2 aromatic carbocycles. The lowest BCUT2D eigenvalue weighted by molar-refractivity contribution is 0.0956. The Morgan fingerprint density at radius 1 is 1.08 bits per heavy atom. The molecule has 2 amide bonds. The van der Waals surface area contributed by atoms with Gasteiger partial charge >= 0.3 is 0 Å². The van der Waals surface area contributed by atoms with Crippen molar-refractivity contribution in [3.63, 3.8) is 0 Å². The molecule has 3 N–H and O–H groups in total. The summed E-state index contributed by atoms with van der Waals surface area (Å²) >= 11 is 0. The maximum absolute atomic E-state index is 11.6. The number of carbonyl (C=O) groups excluding carboxylic acids is 2. The predicted octanol–water partition coefficient (Wildman–Crippen LogP) is 2.49. The molecule has 0 atom stereocenters. The number of hydrogen-bond acceptors (Lipinski definition) is 4. The van der Waals surface area contributed by atoms with Gasteiger partial charge in [-0.3, -0.25) is 14.6 Å². The van der Waals surface area contributed by atoms with Crippen molar-refractivity contribution in [1.82, 2.24) is 10.3 Å². The first-order valence-corrected chi connectivity index (χ1v) is 7.27. The third-order valence-corrected chi connectivity index (χ3v) is 3.54. The van der Waals surface area contributed by atoms with E-state index in [-0.39, 0.29) is 11.6 Å². The van der Waals surface area contributed by atoms with Crippen LogP contribution >= 0.6 is 0 Å². The topological polar surface area (TPSA) is 94.3 Å². The maximum Gasteiger partial charge on any atom is 0.269 e. The molecule has 0 saturated carbocycles. The Hall–Kier alpha value is -3.41. The monoisotopic (exact) mass is 321 g/mol. The lowest BCUT2D eigenvalue weighted by atomic mass is 10.0. The Kier molecular flexibility index (Phi) is 4.11. The Labute approximate surface area is 138 Å². The van der Waals surface area contributed by atoms with E-state index in [0.717, 1.165) is 10.8 Å². The van der Waals surface area contributed by atoms with Crippen molar-refractivity contribution in [2.24, 2.45) is 5.73 Å². The zero-order valence-corrected chi connectivity index (χ0v) is 12.9. The highest BCUT2D eigenvalue weighted by Gasteiger charge is 2.09. The standard InChI is InChI=1S/C18H15N3O3/c1-20-18(23)16-10-13(7-8-21-16)24-12-5-6-14-11(9-12)3-2-4-15(14)17(19)22/h2-10H,1H3,(H2,19,22)(H,20,23). The average molecular weight is 321 g/mol. The molecule has 0 bridgehead atoms. The number of aromatic nitrogens is 1. The second-order valence-corrected chi connectivity index (χ2v) is 5.11. The number of rotatable bonds is 4. The van der Waals surface area contributed by atoms with Gasteiger partial charge in [0.25, 0.3) is 5.91 Å². The quantitative estimate of drug-likeness (QED) is 0.772. The Balaban J connectivity index is 1.94. The molecule has 0 aliphatic rings. The Morgan fingerprint density at radius 2 is 1.88 bits per heavy atom. The summed E-state index contributed by atoms with van der Waals surface area (Å²) in [6.45, 7) is 0. The second kappa shape index (κ2) is 6.37. The molecule has 24 heavy (non-hydrogen) atoms. The largest absolute Gasteiger partial charge is 0.457 e. The Morgan fingerprint density at radius 3 is 2.62 bits per heavy atom. The fraction of sp³-hybridized carbons (Fsp3) is 0.0556. The molecule has 0 aliphatic heterocycles. The summed E-state index contributed by atoms with van der Waals surface area (Å²) in [5.74, 6) is 0.316. The number of ether oxygens (including phenoxy) is 1. The third kappa shape index (κ3) is 3.03. The molecule has 0 aliphatic carbocycles. The van der Waals surface area contributed by atoms with Gasteiger partial charge in [0.15, 0.2) is 0 Å². The number of benzene rings is 2. The highest BCUT2D eigenvalue weighted by molar-refractivity contribution is 6.06. The highest BCUT2D eigenvalue weighted by Crippen LogP contribution is 2.27. The highest BCUT2D eigenvalue weighted by atomic mass is 16.5. The van der Waals surface area contributed by atoms with Crippen molar-refractivity contribution in [1.29, 1.82) is 0 Å². The van der Waals surface area contributed by atoms with Crippen LogP contribution in [-0.4, -0.2) is 23.8 Å². The van der Waals surface area contributed by atoms with Gasteiger partial charge in [0, 0.05) is 24.9 Å². The van der Waals surface area contributed by atoms with Gasteiger partial charge in [-0.05, 0) is 41.1 Å². The molecule has 0 spiro atoms. The molecule has 1 heterocycles. The van der Waals surface area contributed by atoms with Gasteiger partial charge in [-0.25, -0.2) is 0 Å². The van der Waals surface area contributed by atoms with Crippen LogP contribution in [0, 0.1) is 0 Å². The van der Waals surface area contributed by atoms with Crippen LogP contribution in [-0.2, 0) is 0 Å². The summed E-state index contributed by atoms with van der Waals surface area (Å²) in [7, 11) is 1.54. The zero-order chi connectivity index (χ0) is 17.1. The normalized spacial score (nSPS) is 10.4. The van der Waals surface area contributed by atoms with Crippen molar-refractivity contribution in [3.05, 3.63) is 66.0 Å². The summed E-state index contributed by atoms with van der Waals surface area (Å²) in [5, 5.41) is 4.11. The fourth-order valence-corrected chi connectivity index (χ4v) is 2.40. The van der Waals surface area contributed by atoms with Crippen LogP contribution in [0.5, 0.6) is 11.5 Å². The summed E-state index contributed by atoms with van der Waals surface area (Å²) in [6.07, 6.45) is 1.51. The summed E-state index contributed by atoms with van der Waals surface area (Å²) in [5.41, 5.74) is 6.12. The summed E-state index contributed by atoms with van der Waals surface area (Å²) in [4.78, 5) is 27.1. The molecule has 6 heteroatoms. The van der Waals surface area contributed by atoms with Gasteiger partial charge in [0.1, 0.15) is 17.2 Å². The van der Waals surface area contributed by atoms with Crippen LogP contribution in [0.3, 0.4) is 0 Å². The zero-order valence-electron chi connectivity index (χ0n) is 12.9. The fourth-order valence-electron chi connectivity index (χ4n) is 2.40. The molecule has 1 aromatic heterocycles. The number of nitrogens with zero attached hydrogens (tertiary/aromatic N) is 1. The van der Waals surface area contributed by atoms with Crippen molar-refractivity contribution in [2.75, 3.05) is 7.05 Å². The van der Waals surface area contributed by atoms with Crippen LogP contribution in [0.1, 0.15) is 20.8 Å². The SMILES string of the molecule is CNC(=O)c1cc(Oc2ccc3c(C(N)=O)cccc3c2)ccn1. The lowest BCUT2D eigenvalue weighted by Gasteiger charge is -2.09. The van der Waals surface area contributed by atoms with E-state index in [9.17, 15) is 9.59 Å². The number of hydrogen-bond donors (Lipinski definition) is 2. The molecule has 3 aromatic rings. The first-order chi connectivity index (χ1) is 11.6. The maximum atomic E-state index is 11.6. The number of fused-ring (bicyclic) bond motifs is 1. The van der Waals surface area contributed by atoms with Crippen LogP contribution in [0.4, 0.5) is 0 Å². The van der Waals surface area contributed by atoms with E-state index < -0.39 is 5.91 Å². The molecule has 0 radical (unpaired) electrons. The van der Waals surface area contributed by atoms with Gasteiger partial charge in [0.05, 0.1) is 0 Å². The minimum absolute atomic E-state index is 0.270. The average Bonchev–Trinajstić information content (AvgIpc) is 2.60. The van der Waals surface area contributed by atoms with Gasteiger partial charge in [-0.15, -0.1) is 0 Å². The molecular formula is C18H15N3O3. The molecule has 0 fully saturated rings. The Bertz CT molecular complexity index is 938. The van der Waals surface area contributed by atoms with Gasteiger partial charge in [-0.2, -0.15) is 0 Å². The smallest absolute Gasteiger partial charge is 0.269 e. The van der Waals surface area contributed by atoms with Crippen LogP contribution in [0.2, 0.25) is 0 Å². The van der Waals surface area contributed by atoms with Crippen molar-refractivity contribution in [2.45, 2.75) is 0 Å². The van der Waals surface area contributed by atoms with Crippen LogP contribution in [0.25, 0.3) is 10.8 Å². The van der Waals surface area contributed by atoms with Crippen molar-refractivity contribution >= 4 is 22.6 Å². The molecule has 120 valence electrons. The van der Waals surface area contributed by atoms with E-state index in [1.165, 1.54) is 13.2 Å². The number of primary amides is 1. The first-order valence-electron chi connectivity index (χ1n) is 7.27. The van der Waals surface area contributed by atoms with Crippen molar-refractivity contribution in [3.8, 4) is 11.5 Å². The van der Waals surface area contributed by atoms with Crippen LogP contribution < -0.4 is 15.8 Å². The van der Waals surface area contributed by atoms with E-state index >= 15 is 0 Å². The number of pyridine rings is 1. The summed E-state index contributed by atoms with van der Waals surface area (Å²) < 4.78 is 5.79. The van der Waals surface area contributed by atoms with E-state index in [0.29, 0.717) is 17.1 Å². The number of carbonyl (C=O) groups is 2. The van der Waals surface area contributed by atoms with E-state index in [1.54, 1.807) is 36.4 Å². The third-order valence-electron chi connectivity index (χ3n) is 3.54. The first kappa shape index (κ1) is 15.5. The predicted molar refractivity (Wildman–Crippen MR) is 90.2 cm³/mol. The molecule has 6 nitrogen and oxygen atoms in total.